The van der Waals surface area contributed by atoms with Gasteiger partial charge in [-0.15, -0.1) is 0 Å². The molecule has 3 nitrogen and oxygen atoms in total. The molecule has 2 rings (SSSR count). The van der Waals surface area contributed by atoms with E-state index in [1.54, 1.807) is 0 Å². The number of aryl methyl sites for hydroxylation is 1. The van der Waals surface area contributed by atoms with Crippen LogP contribution in [0.4, 0.5) is 5.69 Å². The lowest BCUT2D eigenvalue weighted by atomic mass is 9.88. The van der Waals surface area contributed by atoms with Crippen LogP contribution in [-0.2, 0) is 11.2 Å². The quantitative estimate of drug-likeness (QED) is 0.849. The second-order valence-electron chi connectivity index (χ2n) is 5.82. The van der Waals surface area contributed by atoms with E-state index < -0.39 is 0 Å². The zero-order valence-corrected chi connectivity index (χ0v) is 11.9. The molecule has 1 fully saturated rings. The average molecular weight is 260 g/mol. The molecule has 1 amide bonds. The Hall–Kier alpha value is -1.51. The first-order valence-corrected chi connectivity index (χ1v) is 7.18. The van der Waals surface area contributed by atoms with Gasteiger partial charge < -0.3 is 10.6 Å². The number of nitrogens with zero attached hydrogens (tertiary/aromatic N) is 1. The number of amides is 1. The molecule has 2 unspecified atom stereocenters. The number of carbonyl (C=O) groups is 1. The minimum absolute atomic E-state index is 0.288. The zero-order valence-electron chi connectivity index (χ0n) is 11.9. The molecule has 1 saturated heterocycles. The smallest absolute Gasteiger partial charge is 0.222 e. The molecule has 2 N–H and O–H groups in total. The molecule has 19 heavy (non-hydrogen) atoms. The molecule has 0 saturated carbocycles. The number of rotatable bonds is 3. The molecule has 0 bridgehead atoms. The van der Waals surface area contributed by atoms with Crippen LogP contribution < -0.4 is 5.73 Å². The van der Waals surface area contributed by atoms with Gasteiger partial charge in [0.25, 0.3) is 0 Å². The van der Waals surface area contributed by atoms with Gasteiger partial charge in [-0.2, -0.15) is 0 Å². The van der Waals surface area contributed by atoms with Gasteiger partial charge >= 0.3 is 0 Å². The topological polar surface area (TPSA) is 46.3 Å². The van der Waals surface area contributed by atoms with Crippen LogP contribution >= 0.6 is 0 Å². The summed E-state index contributed by atoms with van der Waals surface area (Å²) in [6, 6.07) is 7.79. The monoisotopic (exact) mass is 260 g/mol. The van der Waals surface area contributed by atoms with E-state index in [1.165, 1.54) is 5.56 Å². The number of carbonyl (C=O) groups excluding carboxylic acids is 1. The molecule has 1 aliphatic rings. The SMILES string of the molecule is CC1CCN(C(=O)CCc2ccc(N)cc2)CC1C. The fraction of sp³-hybridized carbons (Fsp3) is 0.562. The van der Waals surface area contributed by atoms with Gasteiger partial charge in [0.05, 0.1) is 0 Å². The Balaban J connectivity index is 1.83. The predicted octanol–water partition coefficient (Wildman–Crippen LogP) is 2.71. The summed E-state index contributed by atoms with van der Waals surface area (Å²) < 4.78 is 0. The molecule has 0 aliphatic carbocycles. The molecule has 1 aromatic rings. The maximum absolute atomic E-state index is 12.2. The predicted molar refractivity (Wildman–Crippen MR) is 78.7 cm³/mol. The first-order valence-electron chi connectivity index (χ1n) is 7.18. The van der Waals surface area contributed by atoms with Gasteiger partial charge in [-0.3, -0.25) is 4.79 Å². The molecule has 0 radical (unpaired) electrons. The Morgan fingerprint density at radius 3 is 2.58 bits per heavy atom. The summed E-state index contributed by atoms with van der Waals surface area (Å²) in [7, 11) is 0. The third kappa shape index (κ3) is 3.72. The van der Waals surface area contributed by atoms with E-state index in [9.17, 15) is 4.79 Å². The number of nitrogen functional groups attached to an aromatic ring is 1. The van der Waals surface area contributed by atoms with Crippen molar-refractivity contribution in [3.05, 3.63) is 29.8 Å². The van der Waals surface area contributed by atoms with Gasteiger partial charge in [-0.1, -0.05) is 26.0 Å². The van der Waals surface area contributed by atoms with Crippen LogP contribution in [0.5, 0.6) is 0 Å². The maximum Gasteiger partial charge on any atom is 0.222 e. The van der Waals surface area contributed by atoms with Gasteiger partial charge in [0.1, 0.15) is 0 Å². The third-order valence-corrected chi connectivity index (χ3v) is 4.29. The number of hydrogen-bond donors (Lipinski definition) is 1. The van der Waals surface area contributed by atoms with E-state index in [0.717, 1.165) is 37.5 Å². The molecule has 3 heteroatoms. The van der Waals surface area contributed by atoms with E-state index in [4.69, 9.17) is 5.73 Å². The Morgan fingerprint density at radius 1 is 1.26 bits per heavy atom. The van der Waals surface area contributed by atoms with Crippen molar-refractivity contribution in [1.29, 1.82) is 0 Å². The number of hydrogen-bond acceptors (Lipinski definition) is 2. The summed E-state index contributed by atoms with van der Waals surface area (Å²) >= 11 is 0. The maximum atomic E-state index is 12.2. The Bertz CT molecular complexity index is 427. The number of nitrogens with two attached hydrogens (primary N) is 1. The van der Waals surface area contributed by atoms with Gasteiger partial charge in [0, 0.05) is 25.2 Å². The molecular formula is C16H24N2O. The Labute approximate surface area is 115 Å². The summed E-state index contributed by atoms with van der Waals surface area (Å²) in [5.41, 5.74) is 7.61. The van der Waals surface area contributed by atoms with Crippen LogP contribution in [0.15, 0.2) is 24.3 Å². The van der Waals surface area contributed by atoms with Crippen LogP contribution in [0.25, 0.3) is 0 Å². The minimum atomic E-state index is 0.288. The minimum Gasteiger partial charge on any atom is -0.399 e. The first kappa shape index (κ1) is 13.9. The summed E-state index contributed by atoms with van der Waals surface area (Å²) in [4.78, 5) is 14.2. The number of likely N-dealkylation sites (tertiary alicyclic amines) is 1. The second kappa shape index (κ2) is 6.09. The van der Waals surface area contributed by atoms with Gasteiger partial charge in [0.15, 0.2) is 0 Å². The van der Waals surface area contributed by atoms with Crippen molar-refractivity contribution in [2.75, 3.05) is 18.8 Å². The molecule has 104 valence electrons. The molecule has 2 atom stereocenters. The molecule has 1 heterocycles. The van der Waals surface area contributed by atoms with Gasteiger partial charge in [-0.05, 0) is 42.4 Å². The van der Waals surface area contributed by atoms with Crippen molar-refractivity contribution < 1.29 is 4.79 Å². The summed E-state index contributed by atoms with van der Waals surface area (Å²) in [6.07, 6.45) is 2.54. The van der Waals surface area contributed by atoms with Crippen LogP contribution in [0.2, 0.25) is 0 Å². The van der Waals surface area contributed by atoms with Crippen molar-refractivity contribution in [2.45, 2.75) is 33.1 Å². The highest BCUT2D eigenvalue weighted by atomic mass is 16.2. The zero-order chi connectivity index (χ0) is 13.8. The molecule has 1 aromatic carbocycles. The fourth-order valence-corrected chi connectivity index (χ4v) is 2.58. The summed E-state index contributed by atoms with van der Waals surface area (Å²) in [5.74, 6) is 1.64. The molecule has 1 aliphatic heterocycles. The summed E-state index contributed by atoms with van der Waals surface area (Å²) in [5, 5.41) is 0. The van der Waals surface area contributed by atoms with Crippen molar-refractivity contribution in [2.24, 2.45) is 11.8 Å². The highest BCUT2D eigenvalue weighted by Gasteiger charge is 2.25. The molecule has 0 spiro atoms. The van der Waals surface area contributed by atoms with Crippen LogP contribution in [0.1, 0.15) is 32.3 Å². The fourth-order valence-electron chi connectivity index (χ4n) is 2.58. The lowest BCUT2D eigenvalue weighted by molar-refractivity contribution is -0.133. The van der Waals surface area contributed by atoms with E-state index in [1.807, 2.05) is 29.2 Å². The van der Waals surface area contributed by atoms with Gasteiger partial charge in [0.2, 0.25) is 5.91 Å². The lowest BCUT2D eigenvalue weighted by Gasteiger charge is -2.35. The largest absolute Gasteiger partial charge is 0.399 e. The first-order chi connectivity index (χ1) is 9.06. The van der Waals surface area contributed by atoms with E-state index >= 15 is 0 Å². The van der Waals surface area contributed by atoms with E-state index in [2.05, 4.69) is 13.8 Å². The normalized spacial score (nSPS) is 23.4. The number of benzene rings is 1. The summed E-state index contributed by atoms with van der Waals surface area (Å²) in [6.45, 7) is 6.36. The third-order valence-electron chi connectivity index (χ3n) is 4.29. The average Bonchev–Trinajstić information content (AvgIpc) is 2.41. The van der Waals surface area contributed by atoms with Gasteiger partial charge in [-0.25, -0.2) is 0 Å². The lowest BCUT2D eigenvalue weighted by Crippen LogP contribution is -2.42. The van der Waals surface area contributed by atoms with E-state index in [-0.39, 0.29) is 5.91 Å². The Kier molecular flexibility index (Phi) is 4.46. The molecule has 0 aromatic heterocycles. The highest BCUT2D eigenvalue weighted by molar-refractivity contribution is 5.76. The Morgan fingerprint density at radius 2 is 1.95 bits per heavy atom. The van der Waals surface area contributed by atoms with E-state index in [0.29, 0.717) is 12.3 Å². The van der Waals surface area contributed by atoms with Crippen molar-refractivity contribution in [3.8, 4) is 0 Å². The number of anilines is 1. The molecular weight excluding hydrogens is 236 g/mol. The second-order valence-corrected chi connectivity index (χ2v) is 5.82. The van der Waals surface area contributed by atoms with Crippen LogP contribution in [-0.4, -0.2) is 23.9 Å². The van der Waals surface area contributed by atoms with Crippen molar-refractivity contribution in [3.63, 3.8) is 0 Å². The highest BCUT2D eigenvalue weighted by Crippen LogP contribution is 2.23. The number of piperidine rings is 1. The van der Waals surface area contributed by atoms with Crippen LogP contribution in [0.3, 0.4) is 0 Å². The van der Waals surface area contributed by atoms with Crippen molar-refractivity contribution in [1.82, 2.24) is 4.90 Å². The van der Waals surface area contributed by atoms with Crippen LogP contribution in [0, 0.1) is 11.8 Å². The standard InChI is InChI=1S/C16H24N2O/c1-12-9-10-18(11-13(12)2)16(19)8-5-14-3-6-15(17)7-4-14/h3-4,6-7,12-13H,5,8-11,17H2,1-2H3. The van der Waals surface area contributed by atoms with Crippen molar-refractivity contribution >= 4 is 11.6 Å².